The van der Waals surface area contributed by atoms with Crippen molar-refractivity contribution in [3.8, 4) is 11.5 Å². The number of amides is 2. The molecule has 0 aromatic heterocycles. The van der Waals surface area contributed by atoms with Gasteiger partial charge in [-0.2, -0.15) is 0 Å². The van der Waals surface area contributed by atoms with Crippen LogP contribution in [0.25, 0.3) is 6.08 Å². The topological polar surface area (TPSA) is 64.6 Å². The number of imide groups is 1. The highest BCUT2D eigenvalue weighted by molar-refractivity contribution is 8.18. The van der Waals surface area contributed by atoms with E-state index in [-0.39, 0.29) is 11.8 Å². The van der Waals surface area contributed by atoms with E-state index in [1.807, 2.05) is 6.92 Å². The maximum atomic E-state index is 11.7. The minimum absolute atomic E-state index is 0.253. The number of hydrogen-bond donors (Lipinski definition) is 1. The predicted octanol–water partition coefficient (Wildman–Crippen LogP) is 5.30. The first-order valence-electron chi connectivity index (χ1n) is 8.04. The maximum Gasteiger partial charge on any atom is 0.290 e. The molecule has 0 unspecified atom stereocenters. The van der Waals surface area contributed by atoms with E-state index >= 15 is 0 Å². The average molecular weight is 424 g/mol. The van der Waals surface area contributed by atoms with Crippen molar-refractivity contribution < 1.29 is 19.1 Å². The molecule has 140 valence electrons. The van der Waals surface area contributed by atoms with Gasteiger partial charge >= 0.3 is 0 Å². The number of thioether (sulfide) groups is 1. The fourth-order valence-electron chi connectivity index (χ4n) is 2.37. The Balaban J connectivity index is 1.80. The molecule has 0 radical (unpaired) electrons. The molecule has 3 rings (SSSR count). The minimum atomic E-state index is -0.402. The van der Waals surface area contributed by atoms with Crippen LogP contribution < -0.4 is 14.8 Å². The molecule has 1 saturated heterocycles. The molecule has 1 fully saturated rings. The van der Waals surface area contributed by atoms with Gasteiger partial charge in [0.25, 0.3) is 11.1 Å². The Kier molecular flexibility index (Phi) is 6.31. The molecule has 1 N–H and O–H groups in total. The lowest BCUT2D eigenvalue weighted by molar-refractivity contribution is -0.115. The van der Waals surface area contributed by atoms with Crippen molar-refractivity contribution in [3.05, 3.63) is 62.5 Å². The van der Waals surface area contributed by atoms with Crippen molar-refractivity contribution in [2.24, 2.45) is 0 Å². The zero-order valence-electron chi connectivity index (χ0n) is 14.3. The molecule has 2 aromatic carbocycles. The van der Waals surface area contributed by atoms with E-state index in [9.17, 15) is 9.59 Å². The van der Waals surface area contributed by atoms with E-state index < -0.39 is 5.91 Å². The molecule has 0 spiro atoms. The second kappa shape index (κ2) is 8.69. The van der Waals surface area contributed by atoms with Crippen LogP contribution in [0, 0.1) is 0 Å². The third-order valence-electron chi connectivity index (χ3n) is 3.61. The lowest BCUT2D eigenvalue weighted by Crippen LogP contribution is -2.17. The van der Waals surface area contributed by atoms with Crippen LogP contribution >= 0.6 is 35.0 Å². The zero-order valence-corrected chi connectivity index (χ0v) is 16.6. The first-order chi connectivity index (χ1) is 13.0. The Morgan fingerprint density at radius 3 is 2.56 bits per heavy atom. The summed E-state index contributed by atoms with van der Waals surface area (Å²) in [7, 11) is 0. The van der Waals surface area contributed by atoms with E-state index in [1.54, 1.807) is 42.5 Å². The fourth-order valence-corrected chi connectivity index (χ4v) is 3.51. The smallest absolute Gasteiger partial charge is 0.290 e. The highest BCUT2D eigenvalue weighted by atomic mass is 35.5. The first kappa shape index (κ1) is 19.6. The van der Waals surface area contributed by atoms with Gasteiger partial charge in [-0.15, -0.1) is 0 Å². The first-order valence-corrected chi connectivity index (χ1v) is 9.62. The van der Waals surface area contributed by atoms with Crippen LogP contribution in [0.3, 0.4) is 0 Å². The summed E-state index contributed by atoms with van der Waals surface area (Å²) in [6.45, 7) is 2.57. The van der Waals surface area contributed by atoms with Crippen LogP contribution in [0.4, 0.5) is 4.79 Å². The minimum Gasteiger partial charge on any atom is -0.490 e. The molecule has 0 saturated carbocycles. The summed E-state index contributed by atoms with van der Waals surface area (Å²) in [5.74, 6) is 0.678. The molecule has 2 amide bonds. The van der Waals surface area contributed by atoms with Gasteiger partial charge in [0.2, 0.25) is 0 Å². The Morgan fingerprint density at radius 2 is 1.89 bits per heavy atom. The van der Waals surface area contributed by atoms with Crippen LogP contribution in [-0.2, 0) is 11.4 Å². The van der Waals surface area contributed by atoms with Crippen molar-refractivity contribution in [2.75, 3.05) is 6.61 Å². The molecular weight excluding hydrogens is 409 g/mol. The van der Waals surface area contributed by atoms with Gasteiger partial charge in [-0.3, -0.25) is 14.9 Å². The highest BCUT2D eigenvalue weighted by Crippen LogP contribution is 2.33. The van der Waals surface area contributed by atoms with E-state index in [4.69, 9.17) is 32.7 Å². The standard InChI is InChI=1S/C19H15Cl2NO4S/c1-2-25-16-7-11(8-17-18(23)22-19(24)27-17)3-6-15(16)26-10-12-4-5-13(20)9-14(12)21/h3-9H,2,10H2,1H3,(H,22,23,24). The quantitative estimate of drug-likeness (QED) is 0.638. The average Bonchev–Trinajstić information content (AvgIpc) is 2.93. The molecular formula is C19H15Cl2NO4S. The monoisotopic (exact) mass is 423 g/mol. The van der Waals surface area contributed by atoms with Gasteiger partial charge in [0.1, 0.15) is 6.61 Å². The number of halogens is 2. The molecule has 1 aliphatic rings. The van der Waals surface area contributed by atoms with Crippen LogP contribution in [-0.4, -0.2) is 17.8 Å². The van der Waals surface area contributed by atoms with E-state index in [2.05, 4.69) is 5.32 Å². The SMILES string of the molecule is CCOc1cc(C=C2SC(=O)NC2=O)ccc1OCc1ccc(Cl)cc1Cl. The lowest BCUT2D eigenvalue weighted by atomic mass is 10.2. The predicted molar refractivity (Wildman–Crippen MR) is 108 cm³/mol. The number of carbonyl (C=O) groups is 2. The third-order valence-corrected chi connectivity index (χ3v) is 5.00. The van der Waals surface area contributed by atoms with Crippen molar-refractivity contribution in [1.82, 2.24) is 5.32 Å². The molecule has 8 heteroatoms. The Bertz CT molecular complexity index is 930. The summed E-state index contributed by atoms with van der Waals surface area (Å²) >= 11 is 12.9. The van der Waals surface area contributed by atoms with E-state index in [0.29, 0.717) is 33.1 Å². The Labute approximate surface area is 170 Å². The normalized spacial score (nSPS) is 15.1. The molecule has 27 heavy (non-hydrogen) atoms. The number of hydrogen-bond acceptors (Lipinski definition) is 5. The van der Waals surface area contributed by atoms with Gasteiger partial charge in [0.05, 0.1) is 11.5 Å². The van der Waals surface area contributed by atoms with Gasteiger partial charge in [-0.1, -0.05) is 35.3 Å². The Morgan fingerprint density at radius 1 is 1.07 bits per heavy atom. The largest absolute Gasteiger partial charge is 0.490 e. The van der Waals surface area contributed by atoms with Crippen LogP contribution in [0.2, 0.25) is 10.0 Å². The third kappa shape index (κ3) is 4.97. The van der Waals surface area contributed by atoms with Crippen molar-refractivity contribution >= 4 is 52.2 Å². The summed E-state index contributed by atoms with van der Waals surface area (Å²) in [6.07, 6.45) is 1.63. The number of rotatable bonds is 6. The lowest BCUT2D eigenvalue weighted by Gasteiger charge is -2.13. The summed E-state index contributed by atoms with van der Waals surface area (Å²) in [5, 5.41) is 2.93. The van der Waals surface area contributed by atoms with Gasteiger partial charge in [0.15, 0.2) is 11.5 Å². The maximum absolute atomic E-state index is 11.7. The molecule has 0 atom stereocenters. The number of carbonyl (C=O) groups excluding carboxylic acids is 2. The van der Waals surface area contributed by atoms with Crippen LogP contribution in [0.5, 0.6) is 11.5 Å². The van der Waals surface area contributed by atoms with Crippen LogP contribution in [0.15, 0.2) is 41.3 Å². The second-order valence-electron chi connectivity index (χ2n) is 5.52. The molecule has 0 aliphatic carbocycles. The van der Waals surface area contributed by atoms with Gasteiger partial charge < -0.3 is 9.47 Å². The van der Waals surface area contributed by atoms with Crippen molar-refractivity contribution in [2.45, 2.75) is 13.5 Å². The van der Waals surface area contributed by atoms with E-state index in [0.717, 1.165) is 22.9 Å². The summed E-state index contributed by atoms with van der Waals surface area (Å²) < 4.78 is 11.5. The zero-order chi connectivity index (χ0) is 19.4. The molecule has 0 bridgehead atoms. The van der Waals surface area contributed by atoms with E-state index in [1.165, 1.54) is 0 Å². The molecule has 5 nitrogen and oxygen atoms in total. The van der Waals surface area contributed by atoms with Crippen molar-refractivity contribution in [3.63, 3.8) is 0 Å². The van der Waals surface area contributed by atoms with Gasteiger partial charge in [-0.05, 0) is 54.6 Å². The van der Waals surface area contributed by atoms with Crippen LogP contribution in [0.1, 0.15) is 18.1 Å². The van der Waals surface area contributed by atoms with Gasteiger partial charge in [-0.25, -0.2) is 0 Å². The summed E-state index contributed by atoms with van der Waals surface area (Å²) in [6, 6.07) is 10.5. The number of ether oxygens (including phenoxy) is 2. The Hall–Kier alpha value is -2.15. The second-order valence-corrected chi connectivity index (χ2v) is 7.37. The summed E-state index contributed by atoms with van der Waals surface area (Å²) in [5.41, 5.74) is 1.52. The number of nitrogens with one attached hydrogen (secondary N) is 1. The molecule has 2 aromatic rings. The summed E-state index contributed by atoms with van der Waals surface area (Å²) in [4.78, 5) is 23.3. The molecule has 1 aliphatic heterocycles. The molecule has 1 heterocycles. The number of benzene rings is 2. The highest BCUT2D eigenvalue weighted by Gasteiger charge is 2.25. The fraction of sp³-hybridized carbons (Fsp3) is 0.158. The van der Waals surface area contributed by atoms with Gasteiger partial charge in [0, 0.05) is 15.6 Å². The van der Waals surface area contributed by atoms with Crippen molar-refractivity contribution in [1.29, 1.82) is 0 Å².